The largest absolute Gasteiger partial charge is 0.315 e. The minimum Gasteiger partial charge on any atom is -0.315 e. The molecule has 0 saturated carbocycles. The molecule has 1 N–H and O–H groups in total. The number of nitrogens with zero attached hydrogens (tertiary/aromatic N) is 4. The number of hydrogen-bond acceptors (Lipinski definition) is 4. The molecule has 7 heteroatoms. The lowest BCUT2D eigenvalue weighted by atomic mass is 10.1. The maximum atomic E-state index is 6.09. The van der Waals surface area contributed by atoms with Crippen LogP contribution in [0.2, 0.25) is 10.3 Å². The van der Waals surface area contributed by atoms with Gasteiger partial charge in [0.25, 0.3) is 0 Å². The number of nitrogens with one attached hydrogen (secondary N) is 1. The highest BCUT2D eigenvalue weighted by atomic mass is 35.5. The zero-order chi connectivity index (χ0) is 13.2. The molecule has 19 heavy (non-hydrogen) atoms. The molecule has 100 valence electrons. The van der Waals surface area contributed by atoms with Gasteiger partial charge in [-0.15, -0.1) is 0 Å². The van der Waals surface area contributed by atoms with E-state index in [0.717, 1.165) is 25.1 Å². The van der Waals surface area contributed by atoms with E-state index in [1.165, 1.54) is 12.6 Å². The van der Waals surface area contributed by atoms with E-state index in [4.69, 9.17) is 23.2 Å². The van der Waals surface area contributed by atoms with Crippen LogP contribution in [0.25, 0.3) is 11.3 Å². The highest BCUT2D eigenvalue weighted by Crippen LogP contribution is 2.27. The fourth-order valence-electron chi connectivity index (χ4n) is 2.27. The fourth-order valence-corrected chi connectivity index (χ4v) is 2.60. The maximum absolute atomic E-state index is 6.09. The Balaban J connectivity index is 1.89. The van der Waals surface area contributed by atoms with Crippen LogP contribution in [0.5, 0.6) is 0 Å². The standard InChI is InChI=1S/C12H13Cl2N5/c13-10-6-16-12(14)18-11(10)8-4-17-19(7-8)9-2-1-3-15-5-9/h4,6-7,9,15H,1-3,5H2. The van der Waals surface area contributed by atoms with Crippen molar-refractivity contribution in [3.05, 3.63) is 28.9 Å². The lowest BCUT2D eigenvalue weighted by Crippen LogP contribution is -2.31. The smallest absolute Gasteiger partial charge is 0.222 e. The summed E-state index contributed by atoms with van der Waals surface area (Å²) in [5.74, 6) is 0. The van der Waals surface area contributed by atoms with Crippen LogP contribution in [0.15, 0.2) is 18.6 Å². The van der Waals surface area contributed by atoms with Gasteiger partial charge >= 0.3 is 0 Å². The second-order valence-corrected chi connectivity index (χ2v) is 5.29. The van der Waals surface area contributed by atoms with E-state index in [0.29, 0.717) is 16.8 Å². The summed E-state index contributed by atoms with van der Waals surface area (Å²) >= 11 is 11.9. The van der Waals surface area contributed by atoms with Gasteiger partial charge < -0.3 is 5.32 Å². The van der Waals surface area contributed by atoms with Gasteiger partial charge in [0.1, 0.15) is 0 Å². The monoisotopic (exact) mass is 297 g/mol. The van der Waals surface area contributed by atoms with Crippen molar-refractivity contribution in [2.45, 2.75) is 18.9 Å². The molecule has 2 aromatic heterocycles. The van der Waals surface area contributed by atoms with Gasteiger partial charge in [0.05, 0.1) is 29.2 Å². The van der Waals surface area contributed by atoms with E-state index in [-0.39, 0.29) is 5.28 Å². The topological polar surface area (TPSA) is 55.6 Å². The minimum atomic E-state index is 0.187. The molecule has 0 amide bonds. The number of piperidine rings is 1. The Morgan fingerprint density at radius 3 is 3.00 bits per heavy atom. The van der Waals surface area contributed by atoms with Gasteiger partial charge in [-0.3, -0.25) is 4.68 Å². The normalized spacial score (nSPS) is 19.6. The second-order valence-electron chi connectivity index (χ2n) is 4.54. The zero-order valence-corrected chi connectivity index (χ0v) is 11.7. The highest BCUT2D eigenvalue weighted by Gasteiger charge is 2.17. The molecule has 1 atom stereocenters. The molecule has 0 spiro atoms. The molecule has 0 aliphatic carbocycles. The summed E-state index contributed by atoms with van der Waals surface area (Å²) in [6.45, 7) is 2.03. The van der Waals surface area contributed by atoms with Crippen molar-refractivity contribution in [2.24, 2.45) is 0 Å². The van der Waals surface area contributed by atoms with Crippen molar-refractivity contribution in [1.82, 2.24) is 25.1 Å². The number of aromatic nitrogens is 4. The maximum Gasteiger partial charge on any atom is 0.222 e. The Morgan fingerprint density at radius 1 is 1.32 bits per heavy atom. The average molecular weight is 298 g/mol. The van der Waals surface area contributed by atoms with Crippen LogP contribution in [0, 0.1) is 0 Å². The SMILES string of the molecule is Clc1ncc(Cl)c(-c2cnn(C3CCCNC3)c2)n1. The average Bonchev–Trinajstić information content (AvgIpc) is 2.92. The third-order valence-corrected chi connectivity index (χ3v) is 3.69. The van der Waals surface area contributed by atoms with Crippen LogP contribution in [0.4, 0.5) is 0 Å². The first-order valence-corrected chi connectivity index (χ1v) is 6.93. The molecule has 1 aliphatic heterocycles. The van der Waals surface area contributed by atoms with E-state index < -0.39 is 0 Å². The first-order valence-electron chi connectivity index (χ1n) is 6.17. The summed E-state index contributed by atoms with van der Waals surface area (Å²) in [7, 11) is 0. The summed E-state index contributed by atoms with van der Waals surface area (Å²) in [5, 5.41) is 8.43. The predicted molar refractivity (Wildman–Crippen MR) is 74.4 cm³/mol. The Bertz CT molecular complexity index is 577. The van der Waals surface area contributed by atoms with Crippen molar-refractivity contribution in [3.8, 4) is 11.3 Å². The lowest BCUT2D eigenvalue weighted by Gasteiger charge is -2.22. The number of hydrogen-bond donors (Lipinski definition) is 1. The van der Waals surface area contributed by atoms with Gasteiger partial charge in [-0.2, -0.15) is 5.10 Å². The van der Waals surface area contributed by atoms with E-state index in [1.54, 1.807) is 6.20 Å². The van der Waals surface area contributed by atoms with Gasteiger partial charge in [0.2, 0.25) is 5.28 Å². The minimum absolute atomic E-state index is 0.187. The van der Waals surface area contributed by atoms with E-state index in [9.17, 15) is 0 Å². The molecule has 1 fully saturated rings. The molecule has 2 aromatic rings. The first-order chi connectivity index (χ1) is 9.24. The predicted octanol–water partition coefficient (Wildman–Crippen LogP) is 2.57. The first kappa shape index (κ1) is 12.8. The van der Waals surface area contributed by atoms with Crippen molar-refractivity contribution in [3.63, 3.8) is 0 Å². The zero-order valence-electron chi connectivity index (χ0n) is 10.2. The second kappa shape index (κ2) is 5.45. The van der Waals surface area contributed by atoms with Gasteiger partial charge in [-0.25, -0.2) is 9.97 Å². The van der Waals surface area contributed by atoms with Crippen LogP contribution in [0.3, 0.4) is 0 Å². The van der Waals surface area contributed by atoms with Crippen molar-refractivity contribution >= 4 is 23.2 Å². The molecule has 1 unspecified atom stereocenters. The Hall–Kier alpha value is -1.17. The van der Waals surface area contributed by atoms with Crippen LogP contribution in [-0.2, 0) is 0 Å². The molecule has 0 aromatic carbocycles. The van der Waals surface area contributed by atoms with Gasteiger partial charge in [0.15, 0.2) is 0 Å². The molecule has 3 rings (SSSR count). The lowest BCUT2D eigenvalue weighted by molar-refractivity contribution is 0.347. The Morgan fingerprint density at radius 2 is 2.21 bits per heavy atom. The van der Waals surface area contributed by atoms with E-state index in [1.807, 2.05) is 10.9 Å². The van der Waals surface area contributed by atoms with Crippen molar-refractivity contribution in [2.75, 3.05) is 13.1 Å². The molecule has 0 bridgehead atoms. The van der Waals surface area contributed by atoms with Gasteiger partial charge in [-0.05, 0) is 31.0 Å². The van der Waals surface area contributed by atoms with Gasteiger partial charge in [0, 0.05) is 18.3 Å². The van der Waals surface area contributed by atoms with Gasteiger partial charge in [-0.1, -0.05) is 11.6 Å². The van der Waals surface area contributed by atoms with Crippen LogP contribution >= 0.6 is 23.2 Å². The van der Waals surface area contributed by atoms with Crippen LogP contribution in [-0.4, -0.2) is 32.8 Å². The summed E-state index contributed by atoms with van der Waals surface area (Å²) in [5.41, 5.74) is 1.48. The Kier molecular flexibility index (Phi) is 3.68. The summed E-state index contributed by atoms with van der Waals surface area (Å²) < 4.78 is 1.97. The van der Waals surface area contributed by atoms with Crippen LogP contribution in [0.1, 0.15) is 18.9 Å². The third kappa shape index (κ3) is 2.73. The molecule has 3 heterocycles. The van der Waals surface area contributed by atoms with Crippen molar-refractivity contribution < 1.29 is 0 Å². The molecular weight excluding hydrogens is 285 g/mol. The summed E-state index contributed by atoms with van der Waals surface area (Å²) in [6, 6.07) is 0.388. The van der Waals surface area contributed by atoms with Crippen molar-refractivity contribution in [1.29, 1.82) is 0 Å². The fraction of sp³-hybridized carbons (Fsp3) is 0.417. The Labute approximate surface area is 121 Å². The number of halogens is 2. The molecular formula is C12H13Cl2N5. The third-order valence-electron chi connectivity index (χ3n) is 3.23. The molecule has 1 saturated heterocycles. The molecule has 0 radical (unpaired) electrons. The number of rotatable bonds is 2. The van der Waals surface area contributed by atoms with Crippen LogP contribution < -0.4 is 5.32 Å². The van der Waals surface area contributed by atoms with E-state index >= 15 is 0 Å². The summed E-state index contributed by atoms with van der Waals surface area (Å²) in [4.78, 5) is 8.00. The van der Waals surface area contributed by atoms with E-state index in [2.05, 4.69) is 20.4 Å². The quantitative estimate of drug-likeness (QED) is 0.866. The highest BCUT2D eigenvalue weighted by molar-refractivity contribution is 6.33. The summed E-state index contributed by atoms with van der Waals surface area (Å²) in [6.07, 6.45) is 7.53. The molecule has 5 nitrogen and oxygen atoms in total. The molecule has 1 aliphatic rings.